The van der Waals surface area contributed by atoms with Crippen LogP contribution < -0.4 is 11.3 Å². The van der Waals surface area contributed by atoms with E-state index >= 15 is 0 Å². The van der Waals surface area contributed by atoms with Gasteiger partial charge in [0.05, 0.1) is 5.52 Å². The molecule has 3 rings (SSSR count). The van der Waals surface area contributed by atoms with Crippen LogP contribution in [0.15, 0.2) is 45.4 Å². The van der Waals surface area contributed by atoms with Gasteiger partial charge in [0.1, 0.15) is 4.21 Å². The predicted octanol–water partition coefficient (Wildman–Crippen LogP) is 2.50. The molecule has 0 radical (unpaired) electrons. The summed E-state index contributed by atoms with van der Waals surface area (Å²) in [7, 11) is -3.95. The van der Waals surface area contributed by atoms with Gasteiger partial charge in [0, 0.05) is 16.1 Å². The van der Waals surface area contributed by atoms with Crippen molar-refractivity contribution in [3.8, 4) is 0 Å². The van der Waals surface area contributed by atoms with Gasteiger partial charge in [-0.2, -0.15) is 12.4 Å². The lowest BCUT2D eigenvalue weighted by Gasteiger charge is -2.11. The predicted molar refractivity (Wildman–Crippen MR) is 89.0 cm³/mol. The lowest BCUT2D eigenvalue weighted by molar-refractivity contribution is 0.589. The van der Waals surface area contributed by atoms with E-state index in [1.807, 2.05) is 6.92 Å². The quantitative estimate of drug-likeness (QED) is 0.730. The molecule has 22 heavy (non-hydrogen) atoms. The fourth-order valence-corrected chi connectivity index (χ4v) is 5.13. The number of pyridine rings is 1. The third-order valence-electron chi connectivity index (χ3n) is 3.38. The third kappa shape index (κ3) is 2.22. The lowest BCUT2D eigenvalue weighted by atomic mass is 10.1. The molecular weight excluding hydrogens is 320 g/mol. The van der Waals surface area contributed by atoms with Gasteiger partial charge in [0.15, 0.2) is 0 Å². The maximum absolute atomic E-state index is 12.9. The van der Waals surface area contributed by atoms with Crippen molar-refractivity contribution < 1.29 is 8.42 Å². The Morgan fingerprint density at radius 3 is 2.45 bits per heavy atom. The van der Waals surface area contributed by atoms with E-state index in [-0.39, 0.29) is 4.21 Å². The van der Waals surface area contributed by atoms with Gasteiger partial charge in [-0.15, -0.1) is 11.3 Å². The van der Waals surface area contributed by atoms with Crippen LogP contribution in [0.2, 0.25) is 0 Å². The number of nitrogens with two attached hydrogens (primary N) is 1. The smallest absolute Gasteiger partial charge is 0.280 e. The van der Waals surface area contributed by atoms with Gasteiger partial charge >= 0.3 is 0 Å². The Kier molecular flexibility index (Phi) is 3.34. The SMILES string of the molecule is Cc1ccc(S(=O)(=O)n2c(=O)c(C)cc3ccc(N)cc32)s1. The van der Waals surface area contributed by atoms with Crippen LogP contribution in [0.5, 0.6) is 0 Å². The van der Waals surface area contributed by atoms with Crippen molar-refractivity contribution in [3.05, 3.63) is 57.2 Å². The van der Waals surface area contributed by atoms with E-state index in [4.69, 9.17) is 5.73 Å². The van der Waals surface area contributed by atoms with Gasteiger partial charge in [0.25, 0.3) is 15.6 Å². The molecule has 0 fully saturated rings. The Morgan fingerprint density at radius 2 is 1.82 bits per heavy atom. The summed E-state index contributed by atoms with van der Waals surface area (Å²) in [6.07, 6.45) is 0. The number of nitrogens with zero attached hydrogens (tertiary/aromatic N) is 1. The van der Waals surface area contributed by atoms with Gasteiger partial charge in [-0.05, 0) is 49.6 Å². The van der Waals surface area contributed by atoms with Crippen molar-refractivity contribution in [1.29, 1.82) is 0 Å². The molecule has 3 aromatic rings. The van der Waals surface area contributed by atoms with Crippen molar-refractivity contribution in [3.63, 3.8) is 0 Å². The van der Waals surface area contributed by atoms with E-state index in [0.29, 0.717) is 22.2 Å². The number of nitrogen functional groups attached to an aromatic ring is 1. The van der Waals surface area contributed by atoms with Gasteiger partial charge in [-0.25, -0.2) is 0 Å². The van der Waals surface area contributed by atoms with E-state index in [1.165, 1.54) is 12.1 Å². The molecule has 0 bridgehead atoms. The van der Waals surface area contributed by atoms with E-state index in [9.17, 15) is 13.2 Å². The van der Waals surface area contributed by atoms with Crippen LogP contribution >= 0.6 is 11.3 Å². The standard InChI is InChI=1S/C15H14N2O3S2/c1-9-7-11-4-5-12(16)8-13(11)17(15(9)18)22(19,20)14-6-3-10(2)21-14/h3-8H,16H2,1-2H3. The summed E-state index contributed by atoms with van der Waals surface area (Å²) in [6, 6.07) is 9.80. The van der Waals surface area contributed by atoms with Crippen molar-refractivity contribution in [1.82, 2.24) is 3.97 Å². The summed E-state index contributed by atoms with van der Waals surface area (Å²) in [5, 5.41) is 0.656. The molecule has 0 amide bonds. The number of rotatable bonds is 2. The average molecular weight is 334 g/mol. The van der Waals surface area contributed by atoms with Crippen LogP contribution in [0.1, 0.15) is 10.4 Å². The third-order valence-corrected chi connectivity index (χ3v) is 6.54. The molecule has 5 nitrogen and oxygen atoms in total. The Bertz CT molecular complexity index is 1050. The minimum atomic E-state index is -3.95. The molecule has 0 unspecified atom stereocenters. The molecule has 0 saturated carbocycles. The first kappa shape index (κ1) is 14.8. The highest BCUT2D eigenvalue weighted by Gasteiger charge is 2.23. The Balaban J connectivity index is 2.46. The van der Waals surface area contributed by atoms with Gasteiger partial charge < -0.3 is 5.73 Å². The normalized spacial score (nSPS) is 11.9. The zero-order chi connectivity index (χ0) is 16.1. The van der Waals surface area contributed by atoms with Crippen molar-refractivity contribution in [2.24, 2.45) is 0 Å². The Hall–Kier alpha value is -2.12. The van der Waals surface area contributed by atoms with Crippen LogP contribution in [0.25, 0.3) is 10.9 Å². The largest absolute Gasteiger partial charge is 0.399 e. The molecule has 0 aliphatic carbocycles. The van der Waals surface area contributed by atoms with E-state index in [1.54, 1.807) is 31.2 Å². The number of thiophene rings is 1. The highest BCUT2D eigenvalue weighted by atomic mass is 32.2. The summed E-state index contributed by atoms with van der Waals surface area (Å²) in [5.74, 6) is 0. The number of hydrogen-bond acceptors (Lipinski definition) is 5. The van der Waals surface area contributed by atoms with Crippen LogP contribution in [0.4, 0.5) is 5.69 Å². The Labute approximate surface area is 131 Å². The van der Waals surface area contributed by atoms with Crippen LogP contribution in [-0.2, 0) is 10.0 Å². The molecule has 0 atom stereocenters. The second-order valence-corrected chi connectivity index (χ2v) is 8.39. The maximum atomic E-state index is 12.9. The first-order chi connectivity index (χ1) is 10.3. The molecule has 7 heteroatoms. The number of fused-ring (bicyclic) bond motifs is 1. The Morgan fingerprint density at radius 1 is 1.09 bits per heavy atom. The average Bonchev–Trinajstić information content (AvgIpc) is 2.88. The summed E-state index contributed by atoms with van der Waals surface area (Å²) in [6.45, 7) is 3.42. The number of anilines is 1. The van der Waals surface area contributed by atoms with Gasteiger partial charge in [-0.3, -0.25) is 4.79 Å². The van der Waals surface area contributed by atoms with E-state index < -0.39 is 15.6 Å². The molecule has 0 aliphatic heterocycles. The van der Waals surface area contributed by atoms with Crippen LogP contribution in [0, 0.1) is 13.8 Å². The van der Waals surface area contributed by atoms with Gasteiger partial charge in [0.2, 0.25) is 0 Å². The number of hydrogen-bond donors (Lipinski definition) is 1. The number of benzene rings is 1. The fourth-order valence-electron chi connectivity index (χ4n) is 2.30. The molecule has 114 valence electrons. The van der Waals surface area contributed by atoms with E-state index in [2.05, 4.69) is 0 Å². The summed E-state index contributed by atoms with van der Waals surface area (Å²) in [5.41, 5.74) is 6.28. The molecule has 2 heterocycles. The van der Waals surface area contributed by atoms with Crippen molar-refractivity contribution in [2.45, 2.75) is 18.1 Å². The van der Waals surface area contributed by atoms with Crippen molar-refractivity contribution in [2.75, 3.05) is 5.73 Å². The first-order valence-electron chi connectivity index (χ1n) is 6.54. The molecule has 0 spiro atoms. The molecule has 0 aliphatic rings. The summed E-state index contributed by atoms with van der Waals surface area (Å²) >= 11 is 1.14. The minimum Gasteiger partial charge on any atom is -0.399 e. The van der Waals surface area contributed by atoms with Crippen LogP contribution in [0.3, 0.4) is 0 Å². The topological polar surface area (TPSA) is 82.2 Å². The molecule has 0 saturated heterocycles. The van der Waals surface area contributed by atoms with Crippen molar-refractivity contribution >= 4 is 38.0 Å². The molecule has 2 aromatic heterocycles. The van der Waals surface area contributed by atoms with Crippen LogP contribution in [-0.4, -0.2) is 12.4 Å². The molecular formula is C15H14N2O3S2. The summed E-state index contributed by atoms with van der Waals surface area (Å²) < 4.78 is 26.7. The lowest BCUT2D eigenvalue weighted by Crippen LogP contribution is -2.28. The summed E-state index contributed by atoms with van der Waals surface area (Å²) in [4.78, 5) is 13.3. The second-order valence-electron chi connectivity index (χ2n) is 5.09. The zero-order valence-electron chi connectivity index (χ0n) is 12.0. The highest BCUT2D eigenvalue weighted by molar-refractivity contribution is 7.92. The minimum absolute atomic E-state index is 0.140. The molecule has 2 N–H and O–H groups in total. The first-order valence-corrected chi connectivity index (χ1v) is 8.80. The second kappa shape index (κ2) is 4.96. The monoisotopic (exact) mass is 334 g/mol. The number of aryl methyl sites for hydroxylation is 2. The zero-order valence-corrected chi connectivity index (χ0v) is 13.7. The fraction of sp³-hybridized carbons (Fsp3) is 0.133. The van der Waals surface area contributed by atoms with E-state index in [0.717, 1.165) is 20.2 Å². The number of aromatic nitrogens is 1. The highest BCUT2D eigenvalue weighted by Crippen LogP contribution is 2.26. The maximum Gasteiger partial charge on any atom is 0.280 e. The molecule has 1 aromatic carbocycles. The van der Waals surface area contributed by atoms with Gasteiger partial charge in [-0.1, -0.05) is 6.07 Å².